The Morgan fingerprint density at radius 2 is 2.29 bits per heavy atom. The second-order valence-electron chi connectivity index (χ2n) is 2.25. The van der Waals surface area contributed by atoms with Crippen LogP contribution in [0, 0.1) is 0 Å². The first-order chi connectivity index (χ1) is 6.61. The van der Waals surface area contributed by atoms with Crippen LogP contribution in [0.5, 0.6) is 0 Å². The van der Waals surface area contributed by atoms with Crippen molar-refractivity contribution in [2.75, 3.05) is 11.5 Å². The van der Waals surface area contributed by atoms with Crippen LogP contribution in [0.15, 0.2) is 10.6 Å². The van der Waals surface area contributed by atoms with Crippen LogP contribution in [0.1, 0.15) is 0 Å². The molecule has 1 atom stereocenters. The Morgan fingerprint density at radius 1 is 1.64 bits per heavy atom. The summed E-state index contributed by atoms with van der Waals surface area (Å²) in [4.78, 5) is 20.6. The third-order valence-corrected chi connectivity index (χ3v) is 3.07. The molecule has 80 valence electrons. The summed E-state index contributed by atoms with van der Waals surface area (Å²) in [6.07, 6.45) is 0.359. The quantitative estimate of drug-likeness (QED) is 0.674. The third-order valence-electron chi connectivity index (χ3n) is 1.21. The molecule has 1 amide bonds. The van der Waals surface area contributed by atoms with Crippen molar-refractivity contribution in [3.05, 3.63) is 10.6 Å². The Kier molecular flexibility index (Phi) is 7.74. The van der Waals surface area contributed by atoms with Gasteiger partial charge in [0.2, 0.25) is 6.41 Å². The van der Waals surface area contributed by atoms with Crippen LogP contribution in [0.25, 0.3) is 0 Å². The Morgan fingerprint density at radius 3 is 2.71 bits per heavy atom. The van der Waals surface area contributed by atoms with Crippen molar-refractivity contribution in [2.24, 2.45) is 0 Å². The van der Waals surface area contributed by atoms with E-state index < -0.39 is 12.0 Å². The van der Waals surface area contributed by atoms with E-state index in [1.54, 1.807) is 0 Å². The van der Waals surface area contributed by atoms with Gasteiger partial charge in [-0.1, -0.05) is 23.2 Å². The van der Waals surface area contributed by atoms with Gasteiger partial charge in [0.25, 0.3) is 0 Å². The fraction of sp³-hybridized carbons (Fsp3) is 0.429. The fourth-order valence-electron chi connectivity index (χ4n) is 0.579. The molecule has 0 saturated carbocycles. The topological polar surface area (TPSA) is 66.4 Å². The summed E-state index contributed by atoms with van der Waals surface area (Å²) in [6.45, 7) is 0. The van der Waals surface area contributed by atoms with E-state index in [4.69, 9.17) is 28.3 Å². The van der Waals surface area contributed by atoms with E-state index in [1.165, 1.54) is 17.3 Å². The van der Waals surface area contributed by atoms with Crippen LogP contribution in [-0.2, 0) is 9.59 Å². The van der Waals surface area contributed by atoms with Gasteiger partial charge in [-0.2, -0.15) is 11.8 Å². The standard InChI is InChI=1S/C7H9Cl2NO3S/c8-1-5(9)2-14-3-6(7(12)13)10-4-11/h1,4,6H,2-3H2,(H,10,11)(H,12,13). The van der Waals surface area contributed by atoms with E-state index >= 15 is 0 Å². The number of aliphatic carboxylic acids is 1. The molecule has 0 aromatic rings. The van der Waals surface area contributed by atoms with E-state index in [-0.39, 0.29) is 5.75 Å². The maximum absolute atomic E-state index is 10.5. The van der Waals surface area contributed by atoms with Gasteiger partial charge in [-0.3, -0.25) is 4.79 Å². The number of thioether (sulfide) groups is 1. The van der Waals surface area contributed by atoms with Crippen LogP contribution in [0.2, 0.25) is 0 Å². The number of carboxylic acids is 1. The average molecular weight is 258 g/mol. The number of carbonyl (C=O) groups excluding carboxylic acids is 1. The van der Waals surface area contributed by atoms with Gasteiger partial charge >= 0.3 is 5.97 Å². The Balaban J connectivity index is 3.82. The monoisotopic (exact) mass is 257 g/mol. The van der Waals surface area contributed by atoms with Crippen molar-refractivity contribution < 1.29 is 14.7 Å². The van der Waals surface area contributed by atoms with Crippen molar-refractivity contribution >= 4 is 47.3 Å². The molecule has 0 spiro atoms. The summed E-state index contributed by atoms with van der Waals surface area (Å²) < 4.78 is 0. The molecule has 0 aromatic heterocycles. The first-order valence-electron chi connectivity index (χ1n) is 3.56. The Bertz CT molecular complexity index is 235. The van der Waals surface area contributed by atoms with Gasteiger partial charge in [0.1, 0.15) is 6.04 Å². The number of carbonyl (C=O) groups is 2. The Hall–Kier alpha value is -0.390. The minimum atomic E-state index is -1.07. The smallest absolute Gasteiger partial charge is 0.327 e. The molecule has 0 radical (unpaired) electrons. The van der Waals surface area contributed by atoms with Gasteiger partial charge in [0, 0.05) is 22.1 Å². The molecule has 0 saturated heterocycles. The van der Waals surface area contributed by atoms with E-state index in [1.807, 2.05) is 0 Å². The summed E-state index contributed by atoms with van der Waals surface area (Å²) in [7, 11) is 0. The van der Waals surface area contributed by atoms with Crippen molar-refractivity contribution in [1.29, 1.82) is 0 Å². The minimum Gasteiger partial charge on any atom is -0.480 e. The molecule has 0 heterocycles. The lowest BCUT2D eigenvalue weighted by molar-refractivity contribution is -0.139. The molecule has 0 aromatic carbocycles. The normalized spacial score (nSPS) is 13.4. The van der Waals surface area contributed by atoms with Gasteiger partial charge in [-0.15, -0.1) is 0 Å². The fourth-order valence-corrected chi connectivity index (χ4v) is 1.85. The molecule has 1 unspecified atom stereocenters. The summed E-state index contributed by atoms with van der Waals surface area (Å²) in [5.41, 5.74) is 1.22. The second kappa shape index (κ2) is 7.96. The molecular weight excluding hydrogens is 249 g/mol. The number of amides is 1. The van der Waals surface area contributed by atoms with Crippen LogP contribution in [-0.4, -0.2) is 35.0 Å². The second-order valence-corrected chi connectivity index (χ2v) is 3.98. The van der Waals surface area contributed by atoms with Crippen molar-refractivity contribution in [3.8, 4) is 0 Å². The van der Waals surface area contributed by atoms with Crippen molar-refractivity contribution in [1.82, 2.24) is 5.32 Å². The summed E-state index contributed by atoms with van der Waals surface area (Å²) in [6, 6.07) is -0.891. The molecule has 0 aliphatic carbocycles. The molecule has 0 rings (SSSR count). The van der Waals surface area contributed by atoms with E-state index in [0.29, 0.717) is 17.2 Å². The number of hydrogen-bond acceptors (Lipinski definition) is 3. The van der Waals surface area contributed by atoms with Crippen LogP contribution >= 0.6 is 35.0 Å². The van der Waals surface area contributed by atoms with Gasteiger partial charge in [0.15, 0.2) is 0 Å². The highest BCUT2D eigenvalue weighted by Gasteiger charge is 2.15. The molecule has 7 heteroatoms. The molecule has 2 N–H and O–H groups in total. The highest BCUT2D eigenvalue weighted by Crippen LogP contribution is 2.13. The summed E-state index contributed by atoms with van der Waals surface area (Å²) >= 11 is 12.1. The molecular formula is C7H9Cl2NO3S. The van der Waals surface area contributed by atoms with Crippen LogP contribution in [0.4, 0.5) is 0 Å². The highest BCUT2D eigenvalue weighted by atomic mass is 35.5. The zero-order valence-electron chi connectivity index (χ0n) is 7.07. The first-order valence-corrected chi connectivity index (χ1v) is 5.53. The van der Waals surface area contributed by atoms with E-state index in [0.717, 1.165) is 0 Å². The van der Waals surface area contributed by atoms with Gasteiger partial charge < -0.3 is 10.4 Å². The van der Waals surface area contributed by atoms with Crippen molar-refractivity contribution in [2.45, 2.75) is 6.04 Å². The first kappa shape index (κ1) is 13.6. The minimum absolute atomic E-state index is 0.245. The number of carboxylic acid groups (broad SMARTS) is 1. The molecule has 0 bridgehead atoms. The molecule has 0 aliphatic rings. The zero-order chi connectivity index (χ0) is 11.0. The lowest BCUT2D eigenvalue weighted by atomic mass is 10.3. The van der Waals surface area contributed by atoms with Gasteiger partial charge in [0.05, 0.1) is 0 Å². The SMILES string of the molecule is O=CNC(CSCC(Cl)=CCl)C(=O)O. The molecule has 0 fully saturated rings. The van der Waals surface area contributed by atoms with E-state index in [2.05, 4.69) is 5.32 Å². The number of hydrogen-bond donors (Lipinski definition) is 2. The zero-order valence-corrected chi connectivity index (χ0v) is 9.40. The number of nitrogens with one attached hydrogen (secondary N) is 1. The Labute approximate surface area is 95.6 Å². The van der Waals surface area contributed by atoms with Gasteiger partial charge in [-0.05, 0) is 0 Å². The number of halogens is 2. The maximum atomic E-state index is 10.5. The predicted octanol–water partition coefficient (Wildman–Crippen LogP) is 1.24. The van der Waals surface area contributed by atoms with Crippen LogP contribution in [0.3, 0.4) is 0 Å². The lowest BCUT2D eigenvalue weighted by Gasteiger charge is -2.09. The largest absolute Gasteiger partial charge is 0.480 e. The predicted molar refractivity (Wildman–Crippen MR) is 57.7 cm³/mol. The number of rotatable bonds is 7. The van der Waals surface area contributed by atoms with Crippen molar-refractivity contribution in [3.63, 3.8) is 0 Å². The molecule has 4 nitrogen and oxygen atoms in total. The maximum Gasteiger partial charge on any atom is 0.327 e. The lowest BCUT2D eigenvalue weighted by Crippen LogP contribution is -2.37. The third kappa shape index (κ3) is 6.12. The highest BCUT2D eigenvalue weighted by molar-refractivity contribution is 7.99. The summed E-state index contributed by atoms with van der Waals surface area (Å²) in [5.74, 6) is -0.403. The average Bonchev–Trinajstić information content (AvgIpc) is 2.16. The van der Waals surface area contributed by atoms with Gasteiger partial charge in [-0.25, -0.2) is 4.79 Å². The molecule has 0 aliphatic heterocycles. The van der Waals surface area contributed by atoms with E-state index in [9.17, 15) is 9.59 Å². The molecule has 14 heavy (non-hydrogen) atoms. The van der Waals surface area contributed by atoms with Crippen LogP contribution < -0.4 is 5.32 Å². The summed E-state index contributed by atoms with van der Waals surface area (Å²) in [5, 5.41) is 11.2.